The molecule has 0 bridgehead atoms. The SMILES string of the molecule is Cc1nn(C)c2nc(C3CCCN(C(=O)Cn4ccnc4)C3)ccc12. The summed E-state index contributed by atoms with van der Waals surface area (Å²) in [6, 6.07) is 4.19. The van der Waals surface area contributed by atoms with Crippen LogP contribution >= 0.6 is 0 Å². The van der Waals surface area contributed by atoms with Crippen molar-refractivity contribution in [3.05, 3.63) is 42.2 Å². The normalized spacial score (nSPS) is 18.0. The number of hydrogen-bond donors (Lipinski definition) is 0. The van der Waals surface area contributed by atoms with Gasteiger partial charge in [-0.3, -0.25) is 9.48 Å². The third-order valence-corrected chi connectivity index (χ3v) is 4.96. The molecule has 1 atom stereocenters. The highest BCUT2D eigenvalue weighted by molar-refractivity contribution is 5.78. The number of piperidine rings is 1. The molecule has 0 radical (unpaired) electrons. The van der Waals surface area contributed by atoms with Gasteiger partial charge >= 0.3 is 0 Å². The van der Waals surface area contributed by atoms with Gasteiger partial charge in [-0.05, 0) is 31.9 Å². The molecule has 130 valence electrons. The Morgan fingerprint density at radius 1 is 1.36 bits per heavy atom. The van der Waals surface area contributed by atoms with E-state index in [1.807, 2.05) is 34.3 Å². The smallest absolute Gasteiger partial charge is 0.242 e. The van der Waals surface area contributed by atoms with E-state index in [0.717, 1.165) is 48.4 Å². The molecule has 1 saturated heterocycles. The fraction of sp³-hybridized carbons (Fsp3) is 0.444. The lowest BCUT2D eigenvalue weighted by Crippen LogP contribution is -2.40. The van der Waals surface area contributed by atoms with E-state index in [-0.39, 0.29) is 11.8 Å². The maximum Gasteiger partial charge on any atom is 0.242 e. The first kappa shape index (κ1) is 15.8. The van der Waals surface area contributed by atoms with Crippen LogP contribution in [0.2, 0.25) is 0 Å². The van der Waals surface area contributed by atoms with Gasteiger partial charge in [0.1, 0.15) is 6.54 Å². The molecule has 1 aliphatic heterocycles. The number of fused-ring (bicyclic) bond motifs is 1. The van der Waals surface area contributed by atoms with Gasteiger partial charge in [-0.1, -0.05) is 0 Å². The van der Waals surface area contributed by atoms with Crippen molar-refractivity contribution in [1.82, 2.24) is 29.2 Å². The Morgan fingerprint density at radius 2 is 2.24 bits per heavy atom. The molecule has 1 aliphatic rings. The minimum absolute atomic E-state index is 0.139. The van der Waals surface area contributed by atoms with Gasteiger partial charge in [0.15, 0.2) is 5.65 Å². The molecule has 3 aromatic heterocycles. The van der Waals surface area contributed by atoms with E-state index in [4.69, 9.17) is 4.98 Å². The van der Waals surface area contributed by atoms with E-state index in [1.165, 1.54) is 0 Å². The van der Waals surface area contributed by atoms with Crippen molar-refractivity contribution < 1.29 is 4.79 Å². The van der Waals surface area contributed by atoms with Gasteiger partial charge in [-0.25, -0.2) is 9.97 Å². The number of carbonyl (C=O) groups is 1. The second kappa shape index (κ2) is 6.31. The fourth-order valence-corrected chi connectivity index (χ4v) is 3.63. The molecule has 1 fully saturated rings. The standard InChI is InChI=1S/C18H22N6O/c1-13-15-5-6-16(20-18(15)22(2)21-13)14-4-3-8-24(10-14)17(25)11-23-9-7-19-12-23/h5-7,9,12,14H,3-4,8,10-11H2,1-2H3. The fourth-order valence-electron chi connectivity index (χ4n) is 3.63. The van der Waals surface area contributed by atoms with Crippen molar-refractivity contribution in [1.29, 1.82) is 0 Å². The van der Waals surface area contributed by atoms with Gasteiger partial charge in [0.2, 0.25) is 5.91 Å². The summed E-state index contributed by atoms with van der Waals surface area (Å²) in [7, 11) is 1.92. The van der Waals surface area contributed by atoms with Gasteiger partial charge in [-0.15, -0.1) is 0 Å². The highest BCUT2D eigenvalue weighted by Crippen LogP contribution is 2.27. The molecule has 0 aromatic carbocycles. The Balaban J connectivity index is 1.52. The van der Waals surface area contributed by atoms with Crippen LogP contribution in [0.4, 0.5) is 0 Å². The quantitative estimate of drug-likeness (QED) is 0.731. The minimum atomic E-state index is 0.139. The van der Waals surface area contributed by atoms with Crippen LogP contribution in [0.25, 0.3) is 11.0 Å². The summed E-state index contributed by atoms with van der Waals surface area (Å²) in [6.45, 7) is 3.89. The number of nitrogens with zero attached hydrogens (tertiary/aromatic N) is 6. The van der Waals surface area contributed by atoms with Crippen LogP contribution < -0.4 is 0 Å². The first-order valence-electron chi connectivity index (χ1n) is 8.65. The molecule has 0 aliphatic carbocycles. The molecular formula is C18H22N6O. The zero-order chi connectivity index (χ0) is 17.4. The van der Waals surface area contributed by atoms with E-state index < -0.39 is 0 Å². The van der Waals surface area contributed by atoms with Crippen LogP contribution in [-0.2, 0) is 18.4 Å². The van der Waals surface area contributed by atoms with Crippen molar-refractivity contribution in [3.8, 4) is 0 Å². The minimum Gasteiger partial charge on any atom is -0.340 e. The Labute approximate surface area is 146 Å². The number of hydrogen-bond acceptors (Lipinski definition) is 4. The summed E-state index contributed by atoms with van der Waals surface area (Å²) in [4.78, 5) is 23.3. The second-order valence-corrected chi connectivity index (χ2v) is 6.73. The maximum atomic E-state index is 12.6. The van der Waals surface area contributed by atoms with Crippen molar-refractivity contribution in [2.24, 2.45) is 7.05 Å². The number of likely N-dealkylation sites (tertiary alicyclic amines) is 1. The van der Waals surface area contributed by atoms with Gasteiger partial charge in [0.05, 0.1) is 12.0 Å². The summed E-state index contributed by atoms with van der Waals surface area (Å²) >= 11 is 0. The molecule has 1 unspecified atom stereocenters. The van der Waals surface area contributed by atoms with Gasteiger partial charge < -0.3 is 9.47 Å². The molecule has 4 rings (SSSR count). The lowest BCUT2D eigenvalue weighted by Gasteiger charge is -2.32. The number of carbonyl (C=O) groups excluding carboxylic acids is 1. The molecule has 0 saturated carbocycles. The molecule has 3 aromatic rings. The third kappa shape index (κ3) is 3.01. The second-order valence-electron chi connectivity index (χ2n) is 6.73. The topological polar surface area (TPSA) is 68.8 Å². The number of rotatable bonds is 3. The van der Waals surface area contributed by atoms with E-state index >= 15 is 0 Å². The Kier molecular flexibility index (Phi) is 3.99. The van der Waals surface area contributed by atoms with E-state index in [2.05, 4.69) is 22.2 Å². The summed E-state index contributed by atoms with van der Waals surface area (Å²) in [5, 5.41) is 5.54. The van der Waals surface area contributed by atoms with Crippen molar-refractivity contribution >= 4 is 16.9 Å². The average molecular weight is 338 g/mol. The summed E-state index contributed by atoms with van der Waals surface area (Å²) < 4.78 is 3.65. The van der Waals surface area contributed by atoms with Crippen molar-refractivity contribution in [2.45, 2.75) is 32.2 Å². The first-order valence-corrected chi connectivity index (χ1v) is 8.65. The Hall–Kier alpha value is -2.70. The molecular weight excluding hydrogens is 316 g/mol. The first-order chi connectivity index (χ1) is 12.1. The van der Waals surface area contributed by atoms with E-state index in [9.17, 15) is 4.79 Å². The van der Waals surface area contributed by atoms with Gasteiger partial charge in [-0.2, -0.15) is 5.10 Å². The maximum absolute atomic E-state index is 12.6. The summed E-state index contributed by atoms with van der Waals surface area (Å²) in [5.41, 5.74) is 2.96. The molecule has 7 heteroatoms. The van der Waals surface area contributed by atoms with E-state index in [1.54, 1.807) is 12.5 Å². The molecule has 1 amide bonds. The van der Waals surface area contributed by atoms with Crippen LogP contribution in [0.3, 0.4) is 0 Å². The molecule has 0 spiro atoms. The number of imidazole rings is 1. The summed E-state index contributed by atoms with van der Waals surface area (Å²) in [5.74, 6) is 0.417. The number of pyridine rings is 1. The molecule has 0 N–H and O–H groups in total. The van der Waals surface area contributed by atoms with Crippen LogP contribution in [0.1, 0.15) is 30.1 Å². The molecule has 4 heterocycles. The van der Waals surface area contributed by atoms with Crippen LogP contribution in [0.5, 0.6) is 0 Å². The summed E-state index contributed by atoms with van der Waals surface area (Å²) in [6.07, 6.45) is 7.26. The van der Waals surface area contributed by atoms with Crippen LogP contribution in [0, 0.1) is 6.92 Å². The lowest BCUT2D eigenvalue weighted by molar-refractivity contribution is -0.133. The lowest BCUT2D eigenvalue weighted by atomic mass is 9.94. The van der Waals surface area contributed by atoms with E-state index in [0.29, 0.717) is 6.54 Å². The highest BCUT2D eigenvalue weighted by Gasteiger charge is 2.26. The van der Waals surface area contributed by atoms with Crippen LogP contribution in [-0.4, -0.2) is 48.2 Å². The van der Waals surface area contributed by atoms with Crippen molar-refractivity contribution in [3.63, 3.8) is 0 Å². The zero-order valence-corrected chi connectivity index (χ0v) is 14.6. The average Bonchev–Trinajstić information content (AvgIpc) is 3.23. The van der Waals surface area contributed by atoms with Gasteiger partial charge in [0.25, 0.3) is 0 Å². The predicted molar refractivity (Wildman–Crippen MR) is 94.0 cm³/mol. The largest absolute Gasteiger partial charge is 0.340 e. The Morgan fingerprint density at radius 3 is 3.04 bits per heavy atom. The molecule has 7 nitrogen and oxygen atoms in total. The predicted octanol–water partition coefficient (Wildman–Crippen LogP) is 1.88. The van der Waals surface area contributed by atoms with Gasteiger partial charge in [0, 0.05) is 49.5 Å². The number of amides is 1. The van der Waals surface area contributed by atoms with Crippen LogP contribution in [0.15, 0.2) is 30.9 Å². The zero-order valence-electron chi connectivity index (χ0n) is 14.6. The number of aryl methyl sites for hydroxylation is 2. The number of aromatic nitrogens is 5. The monoisotopic (exact) mass is 338 g/mol. The molecule has 25 heavy (non-hydrogen) atoms. The highest BCUT2D eigenvalue weighted by atomic mass is 16.2. The third-order valence-electron chi connectivity index (χ3n) is 4.96. The Bertz CT molecular complexity index is 898. The van der Waals surface area contributed by atoms with Crippen molar-refractivity contribution in [2.75, 3.05) is 13.1 Å².